The Labute approximate surface area is 146 Å². The molecule has 1 unspecified atom stereocenters. The summed E-state index contributed by atoms with van der Waals surface area (Å²) in [5.74, 6) is 0.292. The van der Waals surface area contributed by atoms with Crippen LogP contribution in [0.1, 0.15) is 19.3 Å². The van der Waals surface area contributed by atoms with Crippen LogP contribution in [0, 0.1) is 5.92 Å². The van der Waals surface area contributed by atoms with E-state index in [2.05, 4.69) is 10.6 Å². The summed E-state index contributed by atoms with van der Waals surface area (Å²) in [4.78, 5) is 25.5. The number of nitrogens with one attached hydrogen (secondary N) is 2. The fourth-order valence-corrected chi connectivity index (χ4v) is 2.86. The first-order chi connectivity index (χ1) is 11.0. The average Bonchev–Trinajstić information content (AvgIpc) is 3.01. The van der Waals surface area contributed by atoms with Crippen molar-refractivity contribution in [2.75, 3.05) is 32.0 Å². The van der Waals surface area contributed by atoms with Crippen LogP contribution in [0.15, 0.2) is 18.2 Å². The molecule has 2 amide bonds. The predicted molar refractivity (Wildman–Crippen MR) is 92.9 cm³/mol. The number of carbonyl (C=O) groups is 2. The highest BCUT2D eigenvalue weighted by Gasteiger charge is 2.18. The molecule has 1 saturated heterocycles. The third-order valence-electron chi connectivity index (χ3n) is 3.94. The summed E-state index contributed by atoms with van der Waals surface area (Å²) in [5, 5.41) is 6.79. The number of hydrogen-bond acceptors (Lipinski definition) is 3. The van der Waals surface area contributed by atoms with Gasteiger partial charge in [0.1, 0.15) is 0 Å². The Kier molecular flexibility index (Phi) is 6.69. The van der Waals surface area contributed by atoms with E-state index in [9.17, 15) is 9.59 Å². The number of likely N-dealkylation sites (N-methyl/N-ethyl adjacent to an activating group) is 1. The van der Waals surface area contributed by atoms with Crippen molar-refractivity contribution in [1.29, 1.82) is 0 Å². The maximum Gasteiger partial charge on any atom is 0.243 e. The summed E-state index contributed by atoms with van der Waals surface area (Å²) in [6, 6.07) is 4.86. The molecule has 1 aromatic rings. The molecule has 5 nitrogen and oxygen atoms in total. The van der Waals surface area contributed by atoms with Gasteiger partial charge in [0, 0.05) is 19.2 Å². The Morgan fingerprint density at radius 3 is 2.78 bits per heavy atom. The molecule has 1 aromatic carbocycles. The fourth-order valence-electron chi connectivity index (χ4n) is 2.56. The molecule has 2 rings (SSSR count). The minimum absolute atomic E-state index is 0.0128. The maximum absolute atomic E-state index is 12.1. The number of anilines is 1. The lowest BCUT2D eigenvalue weighted by Crippen LogP contribution is -2.35. The van der Waals surface area contributed by atoms with Crippen molar-refractivity contribution >= 4 is 40.7 Å². The smallest absolute Gasteiger partial charge is 0.243 e. The Morgan fingerprint density at radius 2 is 2.13 bits per heavy atom. The van der Waals surface area contributed by atoms with Crippen LogP contribution >= 0.6 is 23.2 Å². The van der Waals surface area contributed by atoms with Gasteiger partial charge in [0.15, 0.2) is 0 Å². The van der Waals surface area contributed by atoms with E-state index in [1.165, 1.54) is 4.90 Å². The van der Waals surface area contributed by atoms with Crippen LogP contribution in [0.5, 0.6) is 0 Å². The molecule has 0 radical (unpaired) electrons. The van der Waals surface area contributed by atoms with Crippen LogP contribution in [-0.2, 0) is 9.59 Å². The molecule has 1 aliphatic heterocycles. The predicted octanol–water partition coefficient (Wildman–Crippen LogP) is 2.78. The van der Waals surface area contributed by atoms with Gasteiger partial charge in [-0.15, -0.1) is 0 Å². The number of nitrogens with zero attached hydrogens (tertiary/aromatic N) is 1. The lowest BCUT2D eigenvalue weighted by atomic mass is 10.0. The third kappa shape index (κ3) is 5.68. The molecule has 0 saturated carbocycles. The van der Waals surface area contributed by atoms with Gasteiger partial charge in [0.25, 0.3) is 0 Å². The van der Waals surface area contributed by atoms with Gasteiger partial charge in [-0.25, -0.2) is 0 Å². The van der Waals surface area contributed by atoms with Crippen molar-refractivity contribution in [2.24, 2.45) is 5.92 Å². The molecule has 1 atom stereocenters. The highest BCUT2D eigenvalue weighted by Crippen LogP contribution is 2.25. The standard InChI is InChI=1S/C16H21Cl2N3O2/c1-21(16(23)5-2-11-6-7-19-9-11)10-15(22)20-12-3-4-13(17)14(18)8-12/h3-4,8,11,19H,2,5-7,9-10H2,1H3,(H,20,22). The minimum atomic E-state index is -0.262. The Bertz CT molecular complexity index is 574. The van der Waals surface area contributed by atoms with E-state index in [0.29, 0.717) is 28.1 Å². The molecule has 1 heterocycles. The molecule has 0 aromatic heterocycles. The van der Waals surface area contributed by atoms with Gasteiger partial charge in [-0.05, 0) is 50.0 Å². The largest absolute Gasteiger partial charge is 0.336 e. The molecule has 7 heteroatoms. The first kappa shape index (κ1) is 18.0. The van der Waals surface area contributed by atoms with Crippen LogP contribution in [0.2, 0.25) is 10.0 Å². The van der Waals surface area contributed by atoms with Crippen molar-refractivity contribution < 1.29 is 9.59 Å². The Balaban J connectivity index is 1.76. The van der Waals surface area contributed by atoms with Crippen LogP contribution in [0.3, 0.4) is 0 Å². The van der Waals surface area contributed by atoms with Gasteiger partial charge in [0.2, 0.25) is 11.8 Å². The summed E-state index contributed by atoms with van der Waals surface area (Å²) >= 11 is 11.7. The third-order valence-corrected chi connectivity index (χ3v) is 4.68. The number of halogens is 2. The zero-order valence-electron chi connectivity index (χ0n) is 13.1. The molecular weight excluding hydrogens is 337 g/mol. The minimum Gasteiger partial charge on any atom is -0.336 e. The lowest BCUT2D eigenvalue weighted by Gasteiger charge is -2.18. The normalized spacial score (nSPS) is 17.1. The van der Waals surface area contributed by atoms with E-state index in [1.54, 1.807) is 25.2 Å². The van der Waals surface area contributed by atoms with Crippen LogP contribution in [-0.4, -0.2) is 43.4 Å². The van der Waals surface area contributed by atoms with E-state index in [4.69, 9.17) is 23.2 Å². The van der Waals surface area contributed by atoms with Crippen molar-refractivity contribution in [3.63, 3.8) is 0 Å². The number of rotatable bonds is 6. The number of amides is 2. The number of carbonyl (C=O) groups excluding carboxylic acids is 2. The zero-order valence-corrected chi connectivity index (χ0v) is 14.6. The molecule has 1 aliphatic rings. The van der Waals surface area contributed by atoms with Crippen LogP contribution in [0.25, 0.3) is 0 Å². The summed E-state index contributed by atoms with van der Waals surface area (Å²) in [6.07, 6.45) is 2.46. The Morgan fingerprint density at radius 1 is 1.35 bits per heavy atom. The van der Waals surface area contributed by atoms with Crippen LogP contribution < -0.4 is 10.6 Å². The zero-order chi connectivity index (χ0) is 16.8. The molecule has 0 spiro atoms. The first-order valence-electron chi connectivity index (χ1n) is 7.65. The first-order valence-corrected chi connectivity index (χ1v) is 8.41. The lowest BCUT2D eigenvalue weighted by molar-refractivity contribution is -0.133. The second kappa shape index (κ2) is 8.52. The van der Waals surface area contributed by atoms with Gasteiger partial charge in [-0.2, -0.15) is 0 Å². The SMILES string of the molecule is CN(CC(=O)Nc1ccc(Cl)c(Cl)c1)C(=O)CCC1CCNC1. The summed E-state index contributed by atoms with van der Waals surface area (Å²) in [6.45, 7) is 2.03. The van der Waals surface area contributed by atoms with Crippen LogP contribution in [0.4, 0.5) is 5.69 Å². The Hall–Kier alpha value is -1.30. The van der Waals surface area contributed by atoms with Gasteiger partial charge in [-0.1, -0.05) is 23.2 Å². The van der Waals surface area contributed by atoms with Gasteiger partial charge >= 0.3 is 0 Å². The van der Waals surface area contributed by atoms with Crippen molar-refractivity contribution in [3.05, 3.63) is 28.2 Å². The maximum atomic E-state index is 12.1. The second-order valence-electron chi connectivity index (χ2n) is 5.82. The topological polar surface area (TPSA) is 61.4 Å². The highest BCUT2D eigenvalue weighted by molar-refractivity contribution is 6.42. The average molecular weight is 358 g/mol. The number of benzene rings is 1. The molecular formula is C16H21Cl2N3O2. The van der Waals surface area contributed by atoms with Gasteiger partial charge in [0.05, 0.1) is 16.6 Å². The van der Waals surface area contributed by atoms with Gasteiger partial charge in [-0.3, -0.25) is 9.59 Å². The summed E-state index contributed by atoms with van der Waals surface area (Å²) in [7, 11) is 1.64. The van der Waals surface area contributed by atoms with Crippen molar-refractivity contribution in [3.8, 4) is 0 Å². The quantitative estimate of drug-likeness (QED) is 0.822. The fraction of sp³-hybridized carbons (Fsp3) is 0.500. The van der Waals surface area contributed by atoms with Crippen molar-refractivity contribution in [1.82, 2.24) is 10.2 Å². The monoisotopic (exact) mass is 357 g/mol. The van der Waals surface area contributed by atoms with E-state index in [0.717, 1.165) is 25.9 Å². The second-order valence-corrected chi connectivity index (χ2v) is 6.64. The molecule has 0 aliphatic carbocycles. The van der Waals surface area contributed by atoms with E-state index < -0.39 is 0 Å². The van der Waals surface area contributed by atoms with Crippen molar-refractivity contribution in [2.45, 2.75) is 19.3 Å². The highest BCUT2D eigenvalue weighted by atomic mass is 35.5. The summed E-state index contributed by atoms with van der Waals surface area (Å²) in [5.41, 5.74) is 0.558. The number of hydrogen-bond donors (Lipinski definition) is 2. The molecule has 1 fully saturated rings. The van der Waals surface area contributed by atoms with E-state index in [-0.39, 0.29) is 18.4 Å². The molecule has 0 bridgehead atoms. The molecule has 2 N–H and O–H groups in total. The van der Waals surface area contributed by atoms with Gasteiger partial charge < -0.3 is 15.5 Å². The summed E-state index contributed by atoms with van der Waals surface area (Å²) < 4.78 is 0. The van der Waals surface area contributed by atoms with E-state index >= 15 is 0 Å². The van der Waals surface area contributed by atoms with E-state index in [1.807, 2.05) is 0 Å². The molecule has 23 heavy (non-hydrogen) atoms. The molecule has 126 valence electrons.